The third-order valence-electron chi connectivity index (χ3n) is 4.32. The number of hydrogen-bond acceptors (Lipinski definition) is 7. The van der Waals surface area contributed by atoms with Gasteiger partial charge in [-0.3, -0.25) is 9.59 Å². The van der Waals surface area contributed by atoms with Crippen LogP contribution in [0.1, 0.15) is 44.9 Å². The van der Waals surface area contributed by atoms with Gasteiger partial charge in [0, 0.05) is 12.8 Å². The summed E-state index contributed by atoms with van der Waals surface area (Å²) in [7, 11) is 1.75. The van der Waals surface area contributed by atoms with Gasteiger partial charge in [-0.25, -0.2) is 19.2 Å². The Labute approximate surface area is 183 Å². The number of nitrogens with one attached hydrogen (secondary N) is 4. The van der Waals surface area contributed by atoms with Gasteiger partial charge < -0.3 is 41.7 Å². The molecule has 0 spiro atoms. The van der Waals surface area contributed by atoms with Gasteiger partial charge in [-0.05, 0) is 45.7 Å². The molecule has 0 aliphatic heterocycles. The maximum absolute atomic E-state index is 12.0. The number of carbonyl (C=O) groups excluding carboxylic acids is 2. The summed E-state index contributed by atoms with van der Waals surface area (Å²) in [4.78, 5) is 68.2. The summed E-state index contributed by atoms with van der Waals surface area (Å²) in [5, 5.41) is 45.2. The fraction of sp³-hybridized carbons (Fsp3) is 0.667. The molecule has 0 fully saturated rings. The van der Waals surface area contributed by atoms with E-state index in [1.807, 2.05) is 10.6 Å². The van der Waals surface area contributed by atoms with E-state index in [1.54, 1.807) is 7.05 Å². The zero-order valence-corrected chi connectivity index (χ0v) is 17.6. The molecule has 0 aromatic carbocycles. The number of carboxylic acids is 4. The van der Waals surface area contributed by atoms with Gasteiger partial charge in [0.15, 0.2) is 0 Å². The van der Waals surface area contributed by atoms with Crippen LogP contribution in [0.5, 0.6) is 0 Å². The quantitative estimate of drug-likeness (QED) is 0.120. The molecule has 32 heavy (non-hydrogen) atoms. The summed E-state index contributed by atoms with van der Waals surface area (Å²) in [6.45, 7) is 0.688. The maximum atomic E-state index is 12.0. The molecule has 0 rings (SSSR count). The molecule has 8 N–H and O–H groups in total. The summed E-state index contributed by atoms with van der Waals surface area (Å²) < 4.78 is 0. The van der Waals surface area contributed by atoms with Gasteiger partial charge in [-0.1, -0.05) is 0 Å². The van der Waals surface area contributed by atoms with Crippen LogP contribution >= 0.6 is 0 Å². The number of hydrogen-bond donors (Lipinski definition) is 8. The third kappa shape index (κ3) is 13.0. The summed E-state index contributed by atoms with van der Waals surface area (Å²) >= 11 is 0. The number of carboxylic acid groups (broad SMARTS) is 4. The van der Waals surface area contributed by atoms with Crippen molar-refractivity contribution in [2.75, 3.05) is 13.6 Å². The number of amides is 3. The van der Waals surface area contributed by atoms with Gasteiger partial charge in [0.1, 0.15) is 18.1 Å². The van der Waals surface area contributed by atoms with Crippen LogP contribution in [0.3, 0.4) is 0 Å². The summed E-state index contributed by atoms with van der Waals surface area (Å²) in [5.74, 6) is -6.20. The molecule has 0 aliphatic rings. The monoisotopic (exact) mass is 462 g/mol. The minimum Gasteiger partial charge on any atom is -0.481 e. The normalized spacial score (nSPS) is 13.3. The molecule has 3 unspecified atom stereocenters. The predicted molar refractivity (Wildman–Crippen MR) is 108 cm³/mol. The Morgan fingerprint density at radius 3 is 1.56 bits per heavy atom. The largest absolute Gasteiger partial charge is 0.481 e. The third-order valence-corrected chi connectivity index (χ3v) is 4.32. The molecule has 0 aromatic rings. The Bertz CT molecular complexity index is 685. The molecule has 0 aromatic heterocycles. The van der Waals surface area contributed by atoms with E-state index < -0.39 is 73.2 Å². The summed E-state index contributed by atoms with van der Waals surface area (Å²) in [6, 6.07) is -5.41. The Morgan fingerprint density at radius 1 is 0.656 bits per heavy atom. The van der Waals surface area contributed by atoms with Crippen LogP contribution in [-0.4, -0.2) is 88.0 Å². The Balaban J connectivity index is 4.71. The number of rotatable bonds is 17. The molecule has 14 heteroatoms. The molecule has 14 nitrogen and oxygen atoms in total. The molecule has 3 atom stereocenters. The molecule has 0 saturated heterocycles. The molecule has 0 heterocycles. The van der Waals surface area contributed by atoms with Crippen LogP contribution < -0.4 is 21.3 Å². The SMILES string of the molecule is CNCCCCC(NC(=O)CCC(NC(=O)NC(CCC(=O)O)C(=O)O)C(=O)O)C(=O)O. The Hall–Kier alpha value is -3.42. The fourth-order valence-electron chi connectivity index (χ4n) is 2.59. The zero-order valence-electron chi connectivity index (χ0n) is 17.6. The second kappa shape index (κ2) is 15.4. The van der Waals surface area contributed by atoms with Crippen LogP contribution in [0.25, 0.3) is 0 Å². The lowest BCUT2D eigenvalue weighted by Gasteiger charge is -2.19. The lowest BCUT2D eigenvalue weighted by atomic mass is 10.1. The van der Waals surface area contributed by atoms with Gasteiger partial charge >= 0.3 is 29.9 Å². The van der Waals surface area contributed by atoms with E-state index in [0.717, 1.165) is 0 Å². The highest BCUT2D eigenvalue weighted by Gasteiger charge is 2.26. The zero-order chi connectivity index (χ0) is 24.7. The average Bonchev–Trinajstić information content (AvgIpc) is 2.69. The van der Waals surface area contributed by atoms with Crippen LogP contribution in [0, 0.1) is 0 Å². The van der Waals surface area contributed by atoms with E-state index >= 15 is 0 Å². The van der Waals surface area contributed by atoms with Gasteiger partial charge in [-0.15, -0.1) is 0 Å². The minimum absolute atomic E-state index is 0.193. The second-order valence-corrected chi connectivity index (χ2v) is 6.93. The van der Waals surface area contributed by atoms with E-state index in [0.29, 0.717) is 19.4 Å². The van der Waals surface area contributed by atoms with Gasteiger partial charge in [0.05, 0.1) is 0 Å². The van der Waals surface area contributed by atoms with Crippen molar-refractivity contribution in [1.82, 2.24) is 21.3 Å². The van der Waals surface area contributed by atoms with Gasteiger partial charge in [0.25, 0.3) is 0 Å². The Morgan fingerprint density at radius 2 is 1.12 bits per heavy atom. The van der Waals surface area contributed by atoms with Crippen LogP contribution in [0.2, 0.25) is 0 Å². The smallest absolute Gasteiger partial charge is 0.326 e. The van der Waals surface area contributed by atoms with Gasteiger partial charge in [0.2, 0.25) is 5.91 Å². The van der Waals surface area contributed by atoms with Crippen molar-refractivity contribution in [2.45, 2.75) is 63.1 Å². The lowest BCUT2D eigenvalue weighted by Crippen LogP contribution is -2.51. The molecular formula is C18H30N4O10. The van der Waals surface area contributed by atoms with Crippen molar-refractivity contribution >= 4 is 35.8 Å². The first-order chi connectivity index (χ1) is 15.0. The molecular weight excluding hydrogens is 432 g/mol. The lowest BCUT2D eigenvalue weighted by molar-refractivity contribution is -0.142. The highest BCUT2D eigenvalue weighted by atomic mass is 16.4. The highest BCUT2D eigenvalue weighted by molar-refractivity contribution is 5.87. The van der Waals surface area contributed by atoms with Crippen LogP contribution in [-0.2, 0) is 24.0 Å². The average molecular weight is 462 g/mol. The first-order valence-corrected chi connectivity index (χ1v) is 9.89. The highest BCUT2D eigenvalue weighted by Crippen LogP contribution is 2.04. The molecule has 0 aliphatic carbocycles. The molecule has 0 radical (unpaired) electrons. The fourth-order valence-corrected chi connectivity index (χ4v) is 2.59. The standard InChI is InChI=1S/C18H30N4O10/c1-19-9-3-2-4-10(15(26)27)20-13(23)7-5-11(16(28)29)21-18(32)22-12(17(30)31)6-8-14(24)25/h10-12,19H,2-9H2,1H3,(H,20,23)(H,24,25)(H,26,27)(H,28,29)(H,30,31)(H2,21,22,32). The van der Waals surface area contributed by atoms with E-state index in [1.165, 1.54) is 0 Å². The molecule has 182 valence electrons. The van der Waals surface area contributed by atoms with Crippen molar-refractivity contribution in [3.8, 4) is 0 Å². The summed E-state index contributed by atoms with van der Waals surface area (Å²) in [6.07, 6.45) is -0.280. The molecule has 3 amide bonds. The first kappa shape index (κ1) is 28.6. The van der Waals surface area contributed by atoms with E-state index in [-0.39, 0.29) is 12.8 Å². The number of urea groups is 1. The second-order valence-electron chi connectivity index (χ2n) is 6.93. The van der Waals surface area contributed by atoms with E-state index in [2.05, 4.69) is 10.6 Å². The van der Waals surface area contributed by atoms with Crippen molar-refractivity contribution in [2.24, 2.45) is 0 Å². The van der Waals surface area contributed by atoms with Crippen molar-refractivity contribution in [3.63, 3.8) is 0 Å². The Kier molecular flexibility index (Phi) is 13.7. The van der Waals surface area contributed by atoms with Crippen molar-refractivity contribution < 1.29 is 49.2 Å². The summed E-state index contributed by atoms with van der Waals surface area (Å²) in [5.41, 5.74) is 0. The maximum Gasteiger partial charge on any atom is 0.326 e. The first-order valence-electron chi connectivity index (χ1n) is 9.89. The van der Waals surface area contributed by atoms with Crippen molar-refractivity contribution in [3.05, 3.63) is 0 Å². The predicted octanol–water partition coefficient (Wildman–Crippen LogP) is -1.20. The van der Waals surface area contributed by atoms with Crippen LogP contribution in [0.15, 0.2) is 0 Å². The van der Waals surface area contributed by atoms with Crippen molar-refractivity contribution in [1.29, 1.82) is 0 Å². The topological polar surface area (TPSA) is 231 Å². The number of carbonyl (C=O) groups is 6. The van der Waals surface area contributed by atoms with E-state index in [9.17, 15) is 39.0 Å². The number of aliphatic carboxylic acids is 4. The molecule has 0 saturated carbocycles. The molecule has 0 bridgehead atoms. The number of unbranched alkanes of at least 4 members (excludes halogenated alkanes) is 1. The van der Waals surface area contributed by atoms with E-state index in [4.69, 9.17) is 10.2 Å². The van der Waals surface area contributed by atoms with Gasteiger partial charge in [-0.2, -0.15) is 0 Å². The van der Waals surface area contributed by atoms with Crippen LogP contribution in [0.4, 0.5) is 4.79 Å². The minimum atomic E-state index is -1.56.